The Morgan fingerprint density at radius 2 is 2.15 bits per heavy atom. The first-order valence-corrected chi connectivity index (χ1v) is 9.89. The fourth-order valence-corrected chi connectivity index (χ4v) is 4.30. The van der Waals surface area contributed by atoms with Gasteiger partial charge in [-0.1, -0.05) is 12.1 Å². The average Bonchev–Trinajstić information content (AvgIpc) is 2.67. The van der Waals surface area contributed by atoms with Crippen LogP contribution in [0.15, 0.2) is 30.0 Å². The summed E-state index contributed by atoms with van der Waals surface area (Å²) < 4.78 is 6.00. The minimum atomic E-state index is -0.587. The number of aryl methyl sites for hydroxylation is 1. The van der Waals surface area contributed by atoms with Crippen molar-refractivity contribution in [1.82, 2.24) is 4.90 Å². The van der Waals surface area contributed by atoms with E-state index in [1.165, 1.54) is 12.0 Å². The normalized spacial score (nSPS) is 25.4. The molecule has 2 unspecified atom stereocenters. The van der Waals surface area contributed by atoms with Gasteiger partial charge in [0.1, 0.15) is 6.23 Å². The highest BCUT2D eigenvalue weighted by Gasteiger charge is 2.26. The smallest absolute Gasteiger partial charge is 0.224 e. The molecule has 27 heavy (non-hydrogen) atoms. The molecule has 0 saturated carbocycles. The quantitative estimate of drug-likeness (QED) is 0.860. The number of benzene rings is 1. The molecule has 0 bridgehead atoms. The molecule has 1 aromatic rings. The zero-order valence-corrected chi connectivity index (χ0v) is 16.1. The Kier molecular flexibility index (Phi) is 5.06. The van der Waals surface area contributed by atoms with Crippen molar-refractivity contribution >= 4 is 17.2 Å². The van der Waals surface area contributed by atoms with E-state index in [0.717, 1.165) is 60.3 Å². The Balaban J connectivity index is 1.77. The highest BCUT2D eigenvalue weighted by Crippen LogP contribution is 2.37. The summed E-state index contributed by atoms with van der Waals surface area (Å²) in [6.07, 6.45) is 9.14. The molecule has 0 aliphatic carbocycles. The molecule has 1 saturated heterocycles. The van der Waals surface area contributed by atoms with Crippen LogP contribution in [0.4, 0.5) is 5.69 Å². The zero-order valence-electron chi connectivity index (χ0n) is 16.1. The van der Waals surface area contributed by atoms with Crippen molar-refractivity contribution in [3.8, 4) is 0 Å². The topological polar surface area (TPSA) is 61.8 Å². The molecule has 1 fully saturated rings. The van der Waals surface area contributed by atoms with Crippen LogP contribution >= 0.6 is 0 Å². The molecule has 5 heteroatoms. The van der Waals surface area contributed by atoms with Gasteiger partial charge < -0.3 is 20.1 Å². The summed E-state index contributed by atoms with van der Waals surface area (Å²) in [6.45, 7) is 2.76. The van der Waals surface area contributed by atoms with E-state index in [9.17, 15) is 9.90 Å². The van der Waals surface area contributed by atoms with Crippen molar-refractivity contribution in [3.63, 3.8) is 0 Å². The number of likely N-dealkylation sites (N-methyl/N-ethyl adjacent to an activating group) is 1. The SMILES string of the molecule is CC1=CC(c2ccc3c(c2CC2CCCCO2)NC(=O)CC3)=CN(C)C1O. The average molecular weight is 368 g/mol. The van der Waals surface area contributed by atoms with Gasteiger partial charge in [0.2, 0.25) is 5.91 Å². The van der Waals surface area contributed by atoms with Crippen molar-refractivity contribution in [1.29, 1.82) is 0 Å². The van der Waals surface area contributed by atoms with Gasteiger partial charge in [-0.25, -0.2) is 0 Å². The van der Waals surface area contributed by atoms with Crippen molar-refractivity contribution in [2.45, 2.75) is 57.8 Å². The van der Waals surface area contributed by atoms with Gasteiger partial charge >= 0.3 is 0 Å². The van der Waals surface area contributed by atoms with E-state index in [4.69, 9.17) is 4.74 Å². The zero-order chi connectivity index (χ0) is 19.0. The molecule has 0 aromatic heterocycles. The number of hydrogen-bond donors (Lipinski definition) is 2. The maximum absolute atomic E-state index is 12.1. The molecule has 2 N–H and O–H groups in total. The summed E-state index contributed by atoms with van der Waals surface area (Å²) in [4.78, 5) is 13.9. The lowest BCUT2D eigenvalue weighted by Gasteiger charge is -2.31. The first-order chi connectivity index (χ1) is 13.0. The molecular formula is C22H28N2O3. The fourth-order valence-electron chi connectivity index (χ4n) is 4.30. The monoisotopic (exact) mass is 368 g/mol. The maximum Gasteiger partial charge on any atom is 0.224 e. The van der Waals surface area contributed by atoms with Crippen molar-refractivity contribution in [2.24, 2.45) is 0 Å². The summed E-state index contributed by atoms with van der Waals surface area (Å²) in [6, 6.07) is 4.29. The summed E-state index contributed by atoms with van der Waals surface area (Å²) in [5.41, 5.74) is 6.43. The molecule has 144 valence electrons. The Morgan fingerprint density at radius 1 is 1.30 bits per heavy atom. The number of nitrogens with one attached hydrogen (secondary N) is 1. The summed E-state index contributed by atoms with van der Waals surface area (Å²) in [5, 5.41) is 13.3. The van der Waals surface area contributed by atoms with Gasteiger partial charge in [0.05, 0.1) is 6.10 Å². The number of allylic oxidation sites excluding steroid dienone is 2. The molecule has 3 aliphatic heterocycles. The highest BCUT2D eigenvalue weighted by molar-refractivity contribution is 5.96. The van der Waals surface area contributed by atoms with Gasteiger partial charge in [-0.2, -0.15) is 0 Å². The van der Waals surface area contributed by atoms with Gasteiger partial charge in [0, 0.05) is 38.4 Å². The van der Waals surface area contributed by atoms with Crippen LogP contribution in [-0.4, -0.2) is 41.9 Å². The van der Waals surface area contributed by atoms with E-state index < -0.39 is 6.23 Å². The predicted octanol–water partition coefficient (Wildman–Crippen LogP) is 3.23. The molecule has 4 rings (SSSR count). The Bertz CT molecular complexity index is 806. The second-order valence-electron chi connectivity index (χ2n) is 7.88. The van der Waals surface area contributed by atoms with Crippen LogP contribution in [0.1, 0.15) is 49.3 Å². The molecule has 3 aliphatic rings. The van der Waals surface area contributed by atoms with Crippen molar-refractivity contribution in [3.05, 3.63) is 46.7 Å². The number of rotatable bonds is 3. The second kappa shape index (κ2) is 7.49. The number of anilines is 1. The largest absolute Gasteiger partial charge is 0.378 e. The molecule has 0 radical (unpaired) electrons. The van der Waals surface area contributed by atoms with Gasteiger partial charge in [0.25, 0.3) is 0 Å². The van der Waals surface area contributed by atoms with Crippen molar-refractivity contribution < 1.29 is 14.6 Å². The third-order valence-electron chi connectivity index (χ3n) is 5.82. The van der Waals surface area contributed by atoms with Crippen LogP contribution < -0.4 is 5.32 Å². The molecule has 3 heterocycles. The molecule has 5 nitrogen and oxygen atoms in total. The van der Waals surface area contributed by atoms with E-state index in [2.05, 4.69) is 17.4 Å². The number of carbonyl (C=O) groups is 1. The number of carbonyl (C=O) groups excluding carboxylic acids is 1. The minimum absolute atomic E-state index is 0.0855. The third-order valence-corrected chi connectivity index (χ3v) is 5.82. The molecule has 0 spiro atoms. The van der Waals surface area contributed by atoms with Gasteiger partial charge in [-0.3, -0.25) is 4.79 Å². The number of nitrogens with zero attached hydrogens (tertiary/aromatic N) is 1. The minimum Gasteiger partial charge on any atom is -0.378 e. The first-order valence-electron chi connectivity index (χ1n) is 9.89. The third kappa shape index (κ3) is 3.66. The lowest BCUT2D eigenvalue weighted by atomic mass is 9.87. The lowest BCUT2D eigenvalue weighted by molar-refractivity contribution is -0.116. The van der Waals surface area contributed by atoms with Gasteiger partial charge in [-0.15, -0.1) is 0 Å². The standard InChI is InChI=1S/C22H28N2O3/c1-14-11-16(13-24(2)22(14)26)18-8-6-15-7-9-20(25)23-21(15)19(18)12-17-5-3-4-10-27-17/h6,8,11,13,17,22,26H,3-5,7,9-10,12H2,1-2H3,(H,23,25). The van der Waals surface area contributed by atoms with Gasteiger partial charge in [-0.05, 0) is 66.5 Å². The van der Waals surface area contributed by atoms with Crippen LogP contribution in [-0.2, 0) is 22.4 Å². The van der Waals surface area contributed by atoms with Crippen LogP contribution in [0, 0.1) is 0 Å². The van der Waals surface area contributed by atoms with Gasteiger partial charge in [0.15, 0.2) is 0 Å². The Hall–Kier alpha value is -2.11. The van der Waals surface area contributed by atoms with E-state index >= 15 is 0 Å². The van der Waals surface area contributed by atoms with E-state index in [0.29, 0.717) is 6.42 Å². The number of hydrogen-bond acceptors (Lipinski definition) is 4. The fraction of sp³-hybridized carbons (Fsp3) is 0.500. The predicted molar refractivity (Wildman–Crippen MR) is 106 cm³/mol. The number of ether oxygens (including phenoxy) is 1. The molecule has 1 aromatic carbocycles. The Morgan fingerprint density at radius 3 is 2.89 bits per heavy atom. The van der Waals surface area contributed by atoms with Crippen LogP contribution in [0.5, 0.6) is 0 Å². The second-order valence-corrected chi connectivity index (χ2v) is 7.88. The van der Waals surface area contributed by atoms with E-state index in [1.807, 2.05) is 31.1 Å². The maximum atomic E-state index is 12.1. The van der Waals surface area contributed by atoms with E-state index in [1.54, 1.807) is 0 Å². The highest BCUT2D eigenvalue weighted by atomic mass is 16.5. The van der Waals surface area contributed by atoms with Crippen LogP contribution in [0.3, 0.4) is 0 Å². The lowest BCUT2D eigenvalue weighted by Crippen LogP contribution is -2.30. The van der Waals surface area contributed by atoms with E-state index in [-0.39, 0.29) is 12.0 Å². The number of aliphatic hydroxyl groups excluding tert-OH is 1. The number of fused-ring (bicyclic) bond motifs is 1. The molecule has 2 atom stereocenters. The van der Waals surface area contributed by atoms with Crippen LogP contribution in [0.25, 0.3) is 5.57 Å². The Labute approximate surface area is 160 Å². The molecular weight excluding hydrogens is 340 g/mol. The summed E-state index contributed by atoms with van der Waals surface area (Å²) in [7, 11) is 1.88. The summed E-state index contributed by atoms with van der Waals surface area (Å²) >= 11 is 0. The molecule has 1 amide bonds. The first kappa shape index (κ1) is 18.3. The summed E-state index contributed by atoms with van der Waals surface area (Å²) in [5.74, 6) is 0.0855. The number of aliphatic hydroxyl groups is 1. The number of amides is 1. The van der Waals surface area contributed by atoms with Crippen molar-refractivity contribution in [2.75, 3.05) is 19.0 Å². The van der Waals surface area contributed by atoms with Crippen LogP contribution in [0.2, 0.25) is 0 Å².